The molecule has 2 aromatic carbocycles. The number of primary amides is 1. The molecule has 10 nitrogen and oxygen atoms in total. The highest BCUT2D eigenvalue weighted by molar-refractivity contribution is 6.25. The van der Waals surface area contributed by atoms with Gasteiger partial charge in [0.1, 0.15) is 17.4 Å². The average molecular weight is 522 g/mol. The number of aliphatic hydroxyl groups excluding tert-OH is 2. The van der Waals surface area contributed by atoms with Crippen molar-refractivity contribution in [3.8, 4) is 16.9 Å². The Kier molecular flexibility index (Phi) is 6.18. The molecule has 2 unspecified atom stereocenters. The monoisotopic (exact) mass is 521 g/mol. The van der Waals surface area contributed by atoms with Gasteiger partial charge in [0.25, 0.3) is 0 Å². The van der Waals surface area contributed by atoms with Gasteiger partial charge in [0.15, 0.2) is 11.4 Å². The molecule has 3 aliphatic rings. The molecule has 0 aromatic heterocycles. The van der Waals surface area contributed by atoms with Crippen molar-refractivity contribution in [1.29, 1.82) is 0 Å². The van der Waals surface area contributed by atoms with Crippen LogP contribution in [0.5, 0.6) is 5.75 Å². The predicted molar refractivity (Wildman–Crippen MR) is 137 cm³/mol. The van der Waals surface area contributed by atoms with Crippen molar-refractivity contribution in [3.63, 3.8) is 0 Å². The Labute approximate surface area is 219 Å². The van der Waals surface area contributed by atoms with Crippen molar-refractivity contribution in [1.82, 2.24) is 4.90 Å². The fourth-order valence-corrected chi connectivity index (χ4v) is 6.76. The standard InChI is InChI=1S/C28H31N3O7/c1-31(2)21-17-10-13-8-16-15(12-6-4-3-5-7-12)9-14(11-29)22(32)19(16)23(33)18(13)25(35)28(17,38)26(36)20(24(21)34)27(30)37/h3-7,9,13,17,20-21,24,32-34,38H,8,10-11,29H2,1-2H3,(H2,30,37)/t13-,17-,20?,21-,24?,28-/m1/s1. The second-order valence-corrected chi connectivity index (χ2v) is 10.6. The van der Waals surface area contributed by atoms with Crippen LogP contribution in [0.2, 0.25) is 0 Å². The molecule has 0 aliphatic heterocycles. The number of nitrogens with zero attached hydrogens (tertiary/aromatic N) is 1. The quantitative estimate of drug-likeness (QED) is 0.307. The number of amides is 1. The summed E-state index contributed by atoms with van der Waals surface area (Å²) in [5.41, 5.74) is 11.0. The van der Waals surface area contributed by atoms with E-state index in [1.165, 1.54) is 0 Å². The lowest BCUT2D eigenvalue weighted by Gasteiger charge is -2.53. The van der Waals surface area contributed by atoms with Gasteiger partial charge in [0.05, 0.1) is 11.7 Å². The lowest BCUT2D eigenvalue weighted by molar-refractivity contribution is -0.184. The summed E-state index contributed by atoms with van der Waals surface area (Å²) in [6.07, 6.45) is -1.25. The zero-order chi connectivity index (χ0) is 27.7. The molecule has 0 heterocycles. The van der Waals surface area contributed by atoms with Crippen LogP contribution in [-0.4, -0.2) is 74.6 Å². The normalized spacial score (nSPS) is 30.6. The number of carbonyl (C=O) groups excluding carboxylic acids is 3. The van der Waals surface area contributed by atoms with Crippen LogP contribution in [0.15, 0.2) is 42.0 Å². The van der Waals surface area contributed by atoms with Gasteiger partial charge < -0.3 is 36.8 Å². The van der Waals surface area contributed by atoms with E-state index in [1.807, 2.05) is 30.3 Å². The number of ketones is 2. The summed E-state index contributed by atoms with van der Waals surface area (Å²) in [4.78, 5) is 41.1. The Morgan fingerprint density at radius 2 is 1.82 bits per heavy atom. The maximum Gasteiger partial charge on any atom is 0.230 e. The molecule has 200 valence electrons. The Hall–Kier alpha value is -3.57. The van der Waals surface area contributed by atoms with E-state index in [-0.39, 0.29) is 36.3 Å². The number of hydrogen-bond donors (Lipinski definition) is 6. The number of Topliss-reactive ketones (excluding diaryl/α,β-unsaturated/α-hetero) is 2. The molecule has 2 aromatic rings. The molecule has 0 radical (unpaired) electrons. The van der Waals surface area contributed by atoms with Gasteiger partial charge in [-0.25, -0.2) is 0 Å². The van der Waals surface area contributed by atoms with Crippen molar-refractivity contribution in [2.24, 2.45) is 29.2 Å². The molecule has 3 aliphatic carbocycles. The average Bonchev–Trinajstić information content (AvgIpc) is 2.86. The zero-order valence-corrected chi connectivity index (χ0v) is 21.1. The highest BCUT2D eigenvalue weighted by atomic mass is 16.3. The van der Waals surface area contributed by atoms with Crippen LogP contribution < -0.4 is 11.5 Å². The van der Waals surface area contributed by atoms with Crippen LogP contribution in [0.4, 0.5) is 0 Å². The minimum Gasteiger partial charge on any atom is -0.507 e. The predicted octanol–water partition coefficient (Wildman–Crippen LogP) is 0.255. The smallest absolute Gasteiger partial charge is 0.230 e. The number of nitrogens with two attached hydrogens (primary N) is 2. The van der Waals surface area contributed by atoms with E-state index in [2.05, 4.69) is 0 Å². The largest absolute Gasteiger partial charge is 0.507 e. The van der Waals surface area contributed by atoms with Gasteiger partial charge in [-0.15, -0.1) is 0 Å². The van der Waals surface area contributed by atoms with Crippen molar-refractivity contribution >= 4 is 23.2 Å². The number of fused-ring (bicyclic) bond motifs is 3. The molecule has 5 rings (SSSR count). The highest BCUT2D eigenvalue weighted by Gasteiger charge is 2.67. The molecule has 6 atom stereocenters. The number of hydrogen-bond acceptors (Lipinski definition) is 9. The van der Waals surface area contributed by atoms with Crippen LogP contribution in [0, 0.1) is 17.8 Å². The zero-order valence-electron chi connectivity index (χ0n) is 21.1. The van der Waals surface area contributed by atoms with Crippen LogP contribution in [0.3, 0.4) is 0 Å². The second-order valence-electron chi connectivity index (χ2n) is 10.6. The Balaban J connectivity index is 1.74. The first-order valence-corrected chi connectivity index (χ1v) is 12.5. The fourth-order valence-electron chi connectivity index (χ4n) is 6.76. The van der Waals surface area contributed by atoms with E-state index >= 15 is 0 Å². The molecule has 1 amide bonds. The van der Waals surface area contributed by atoms with E-state index in [0.717, 1.165) is 11.1 Å². The number of rotatable bonds is 4. The summed E-state index contributed by atoms with van der Waals surface area (Å²) in [6, 6.07) is 10.2. The Morgan fingerprint density at radius 1 is 1.16 bits per heavy atom. The maximum atomic E-state index is 14.0. The van der Waals surface area contributed by atoms with E-state index in [9.17, 15) is 34.8 Å². The number of likely N-dealkylation sites (N-methyl/N-ethyl adjacent to an activating group) is 1. The minimum atomic E-state index is -2.69. The third kappa shape index (κ3) is 3.45. The van der Waals surface area contributed by atoms with Gasteiger partial charge >= 0.3 is 0 Å². The van der Waals surface area contributed by atoms with E-state index in [0.29, 0.717) is 11.1 Å². The molecule has 0 bridgehead atoms. The molecule has 10 heteroatoms. The van der Waals surface area contributed by atoms with Crippen LogP contribution in [-0.2, 0) is 27.3 Å². The van der Waals surface area contributed by atoms with E-state index in [4.69, 9.17) is 11.5 Å². The molecule has 38 heavy (non-hydrogen) atoms. The number of benzene rings is 2. The summed E-state index contributed by atoms with van der Waals surface area (Å²) >= 11 is 0. The molecule has 8 N–H and O–H groups in total. The number of aromatic hydroxyl groups is 1. The summed E-state index contributed by atoms with van der Waals surface area (Å²) in [7, 11) is 3.23. The number of phenols is 1. The topological polar surface area (TPSA) is 187 Å². The second kappa shape index (κ2) is 9.02. The van der Waals surface area contributed by atoms with Gasteiger partial charge in [-0.2, -0.15) is 0 Å². The Morgan fingerprint density at radius 3 is 2.39 bits per heavy atom. The lowest BCUT2D eigenvalue weighted by atomic mass is 9.54. The van der Waals surface area contributed by atoms with Gasteiger partial charge in [0, 0.05) is 29.6 Å². The van der Waals surface area contributed by atoms with Crippen molar-refractivity contribution < 1.29 is 34.8 Å². The summed E-state index contributed by atoms with van der Waals surface area (Å²) in [5, 5.41) is 45.2. The van der Waals surface area contributed by atoms with E-state index < -0.39 is 58.7 Å². The third-order valence-electron chi connectivity index (χ3n) is 8.47. The first-order valence-electron chi connectivity index (χ1n) is 12.5. The molecular formula is C28H31N3O7. The molecule has 0 saturated heterocycles. The maximum absolute atomic E-state index is 14.0. The highest BCUT2D eigenvalue weighted by Crippen LogP contribution is 2.53. The first-order chi connectivity index (χ1) is 17.9. The molecule has 0 spiro atoms. The lowest BCUT2D eigenvalue weighted by Crippen LogP contribution is -2.73. The van der Waals surface area contributed by atoms with Crippen molar-refractivity contribution in [2.75, 3.05) is 14.1 Å². The van der Waals surface area contributed by atoms with Gasteiger partial charge in [0.2, 0.25) is 11.7 Å². The van der Waals surface area contributed by atoms with Gasteiger partial charge in [-0.05, 0) is 55.6 Å². The van der Waals surface area contributed by atoms with Crippen molar-refractivity contribution in [3.05, 3.63) is 58.7 Å². The Bertz CT molecular complexity index is 1390. The fraction of sp³-hybridized carbons (Fsp3) is 0.393. The number of carbonyl (C=O) groups is 3. The van der Waals surface area contributed by atoms with E-state index in [1.54, 1.807) is 25.1 Å². The SMILES string of the molecule is CN(C)[C@H]1C(O)C(C(N)=O)C(=O)[C@]2(O)C(=O)C3=C(O)c4c(O)c(CN)cc(-c5ccccc5)c4C[C@@H]3C[C@H]12. The van der Waals surface area contributed by atoms with Crippen LogP contribution in [0.1, 0.15) is 23.1 Å². The molecule has 2 saturated carbocycles. The summed E-state index contributed by atoms with van der Waals surface area (Å²) < 4.78 is 0. The third-order valence-corrected chi connectivity index (χ3v) is 8.47. The van der Waals surface area contributed by atoms with Gasteiger partial charge in [-0.3, -0.25) is 14.4 Å². The number of phenolic OH excluding ortho intramolecular Hbond substituents is 1. The number of aliphatic hydroxyl groups is 3. The van der Waals surface area contributed by atoms with Crippen molar-refractivity contribution in [2.45, 2.75) is 37.1 Å². The van der Waals surface area contributed by atoms with Crippen LogP contribution in [0.25, 0.3) is 16.9 Å². The first kappa shape index (κ1) is 26.1. The summed E-state index contributed by atoms with van der Waals surface area (Å²) in [6.45, 7) is -0.0356. The molecule has 2 fully saturated rings. The van der Waals surface area contributed by atoms with Crippen LogP contribution >= 0.6 is 0 Å². The molecular weight excluding hydrogens is 490 g/mol. The van der Waals surface area contributed by atoms with Gasteiger partial charge in [-0.1, -0.05) is 30.3 Å². The minimum absolute atomic E-state index is 0.0346. The summed E-state index contributed by atoms with van der Waals surface area (Å²) in [5.74, 6) is -7.68.